The zero-order chi connectivity index (χ0) is 13.9. The van der Waals surface area contributed by atoms with Crippen LogP contribution in [-0.2, 0) is 23.3 Å². The number of aliphatic hydroxyl groups excluding tert-OH is 2. The quantitative estimate of drug-likeness (QED) is 0.437. The van der Waals surface area contributed by atoms with Crippen LogP contribution in [0.3, 0.4) is 0 Å². The predicted molar refractivity (Wildman–Crippen MR) is 60.4 cm³/mol. The van der Waals surface area contributed by atoms with E-state index in [9.17, 15) is 18.5 Å². The Morgan fingerprint density at radius 1 is 1.28 bits per heavy atom. The maximum atomic E-state index is 11.0. The molecule has 1 rings (SSSR count). The summed E-state index contributed by atoms with van der Waals surface area (Å²) in [6.45, 7) is -1.41. The molecule has 0 amide bonds. The van der Waals surface area contributed by atoms with Crippen molar-refractivity contribution in [3.05, 3.63) is 33.4 Å². The third-order valence-electron chi connectivity index (χ3n) is 2.12. The highest BCUT2D eigenvalue weighted by Crippen LogP contribution is 2.31. The normalized spacial score (nSPS) is 11.3. The molecule has 0 aliphatic carbocycles. The summed E-state index contributed by atoms with van der Waals surface area (Å²) in [5, 5.41) is 28.9. The van der Waals surface area contributed by atoms with Gasteiger partial charge in [0.05, 0.1) is 30.0 Å². The minimum absolute atomic E-state index is 0.128. The van der Waals surface area contributed by atoms with Crippen molar-refractivity contribution in [1.82, 2.24) is 0 Å². The Kier molecular flexibility index (Phi) is 4.22. The highest BCUT2D eigenvalue weighted by atomic mass is 32.2. The molecule has 2 N–H and O–H groups in total. The van der Waals surface area contributed by atoms with Gasteiger partial charge in [-0.05, 0) is 6.07 Å². The molecule has 0 aromatic heterocycles. The second kappa shape index (κ2) is 5.29. The lowest BCUT2D eigenvalue weighted by atomic mass is 10.1. The van der Waals surface area contributed by atoms with Gasteiger partial charge in [0.15, 0.2) is 0 Å². The highest BCUT2D eigenvalue weighted by molar-refractivity contribution is 7.86. The smallest absolute Gasteiger partial charge is 0.306 e. The molecule has 100 valence electrons. The van der Waals surface area contributed by atoms with E-state index in [1.807, 2.05) is 0 Å². The zero-order valence-electron chi connectivity index (χ0n) is 9.36. The average Bonchev–Trinajstić information content (AvgIpc) is 2.25. The number of hydrogen-bond donors (Lipinski definition) is 2. The van der Waals surface area contributed by atoms with Crippen LogP contribution >= 0.6 is 0 Å². The van der Waals surface area contributed by atoms with Crippen LogP contribution in [0.5, 0.6) is 5.75 Å². The van der Waals surface area contributed by atoms with E-state index in [-0.39, 0.29) is 16.9 Å². The number of rotatable bonds is 5. The molecule has 8 nitrogen and oxygen atoms in total. The molecule has 0 aliphatic rings. The lowest BCUT2D eigenvalue weighted by Crippen LogP contribution is -2.10. The van der Waals surface area contributed by atoms with E-state index in [1.54, 1.807) is 0 Å². The molecular weight excluding hydrogens is 266 g/mol. The van der Waals surface area contributed by atoms with Crippen LogP contribution in [-0.4, -0.2) is 29.8 Å². The summed E-state index contributed by atoms with van der Waals surface area (Å²) in [7, 11) is -3.83. The summed E-state index contributed by atoms with van der Waals surface area (Å²) >= 11 is 0. The molecule has 0 heterocycles. The number of aliphatic hydroxyl groups is 2. The SMILES string of the molecule is CS(=O)(=O)Oc1ccc([N+](=O)[O-])c(CO)c1CO. The van der Waals surface area contributed by atoms with E-state index in [0.29, 0.717) is 0 Å². The van der Waals surface area contributed by atoms with E-state index in [1.165, 1.54) is 0 Å². The number of nitrogens with zero attached hydrogens (tertiary/aromatic N) is 1. The Morgan fingerprint density at radius 2 is 1.83 bits per heavy atom. The monoisotopic (exact) mass is 277 g/mol. The van der Waals surface area contributed by atoms with Crippen LogP contribution in [0, 0.1) is 10.1 Å². The second-order valence-electron chi connectivity index (χ2n) is 3.40. The average molecular weight is 277 g/mol. The first-order valence-corrected chi connectivity index (χ1v) is 6.52. The summed E-state index contributed by atoms with van der Waals surface area (Å²) in [4.78, 5) is 9.96. The van der Waals surface area contributed by atoms with Gasteiger partial charge in [0.1, 0.15) is 5.75 Å². The van der Waals surface area contributed by atoms with Crippen molar-refractivity contribution < 1.29 is 27.7 Å². The number of hydrogen-bond acceptors (Lipinski definition) is 7. The van der Waals surface area contributed by atoms with Crippen LogP contribution in [0.1, 0.15) is 11.1 Å². The lowest BCUT2D eigenvalue weighted by molar-refractivity contribution is -0.386. The molecule has 1 aromatic rings. The van der Waals surface area contributed by atoms with Crippen molar-refractivity contribution in [2.75, 3.05) is 6.26 Å². The fraction of sp³-hybridized carbons (Fsp3) is 0.333. The number of benzene rings is 1. The Labute approximate surface area is 103 Å². The van der Waals surface area contributed by atoms with Crippen LogP contribution in [0.15, 0.2) is 12.1 Å². The van der Waals surface area contributed by atoms with Crippen molar-refractivity contribution in [1.29, 1.82) is 0 Å². The zero-order valence-corrected chi connectivity index (χ0v) is 10.2. The van der Waals surface area contributed by atoms with E-state index in [0.717, 1.165) is 18.4 Å². The maximum Gasteiger partial charge on any atom is 0.306 e. The predicted octanol–water partition coefficient (Wildman–Crippen LogP) is -0.0822. The Bertz CT molecular complexity index is 567. The molecule has 0 atom stereocenters. The van der Waals surface area contributed by atoms with Gasteiger partial charge >= 0.3 is 10.1 Å². The Hall–Kier alpha value is -1.71. The molecule has 0 radical (unpaired) electrons. The molecular formula is C9H11NO7S. The minimum Gasteiger partial charge on any atom is -0.392 e. The number of nitro groups is 1. The summed E-state index contributed by atoms with van der Waals surface area (Å²) in [6.07, 6.45) is 0.800. The van der Waals surface area contributed by atoms with Crippen molar-refractivity contribution >= 4 is 15.8 Å². The third-order valence-corrected chi connectivity index (χ3v) is 2.60. The standard InChI is InChI=1S/C9H11NO7S/c1-18(15,16)17-9-3-2-8(10(13)14)6(4-11)7(9)5-12/h2-3,11-12H,4-5H2,1H3. The molecule has 18 heavy (non-hydrogen) atoms. The Balaban J connectivity index is 3.44. The summed E-state index contributed by atoms with van der Waals surface area (Å²) in [5.74, 6) is -0.241. The lowest BCUT2D eigenvalue weighted by Gasteiger charge is -2.11. The van der Waals surface area contributed by atoms with Crippen LogP contribution in [0.2, 0.25) is 0 Å². The summed E-state index contributed by atoms with van der Waals surface area (Å²) < 4.78 is 26.6. The molecule has 0 spiro atoms. The summed E-state index contributed by atoms with van der Waals surface area (Å²) in [6, 6.07) is 2.06. The van der Waals surface area contributed by atoms with E-state index >= 15 is 0 Å². The molecule has 0 aliphatic heterocycles. The van der Waals surface area contributed by atoms with Crippen molar-refractivity contribution in [2.45, 2.75) is 13.2 Å². The van der Waals surface area contributed by atoms with Crippen molar-refractivity contribution in [3.8, 4) is 5.75 Å². The highest BCUT2D eigenvalue weighted by Gasteiger charge is 2.22. The van der Waals surface area contributed by atoms with Crippen LogP contribution in [0.25, 0.3) is 0 Å². The van der Waals surface area contributed by atoms with Gasteiger partial charge in [-0.3, -0.25) is 10.1 Å². The molecule has 0 fully saturated rings. The van der Waals surface area contributed by atoms with Gasteiger partial charge in [0.2, 0.25) is 0 Å². The van der Waals surface area contributed by atoms with Crippen molar-refractivity contribution in [2.24, 2.45) is 0 Å². The fourth-order valence-corrected chi connectivity index (χ4v) is 1.90. The first-order valence-electron chi connectivity index (χ1n) is 4.70. The fourth-order valence-electron chi connectivity index (χ4n) is 1.42. The second-order valence-corrected chi connectivity index (χ2v) is 4.98. The number of nitro benzene ring substituents is 1. The third kappa shape index (κ3) is 3.15. The molecule has 0 bridgehead atoms. The van der Waals surface area contributed by atoms with E-state index in [2.05, 4.69) is 4.18 Å². The van der Waals surface area contributed by atoms with Crippen molar-refractivity contribution in [3.63, 3.8) is 0 Å². The van der Waals surface area contributed by atoms with Crippen LogP contribution in [0.4, 0.5) is 5.69 Å². The van der Waals surface area contributed by atoms with Gasteiger partial charge in [0.25, 0.3) is 5.69 Å². The van der Waals surface area contributed by atoms with Gasteiger partial charge in [-0.15, -0.1) is 0 Å². The van der Waals surface area contributed by atoms with Gasteiger partial charge in [-0.1, -0.05) is 0 Å². The molecule has 9 heteroatoms. The van der Waals surface area contributed by atoms with Crippen LogP contribution < -0.4 is 4.18 Å². The van der Waals surface area contributed by atoms with Gasteiger partial charge < -0.3 is 14.4 Å². The molecule has 0 saturated heterocycles. The van der Waals surface area contributed by atoms with Gasteiger partial charge in [0, 0.05) is 11.6 Å². The first kappa shape index (κ1) is 14.4. The van der Waals surface area contributed by atoms with Gasteiger partial charge in [-0.2, -0.15) is 8.42 Å². The van der Waals surface area contributed by atoms with E-state index in [4.69, 9.17) is 10.2 Å². The molecule has 0 unspecified atom stereocenters. The van der Waals surface area contributed by atoms with E-state index < -0.39 is 33.9 Å². The minimum atomic E-state index is -3.83. The summed E-state index contributed by atoms with van der Waals surface area (Å²) in [5.41, 5.74) is -0.719. The Morgan fingerprint density at radius 3 is 2.22 bits per heavy atom. The largest absolute Gasteiger partial charge is 0.392 e. The molecule has 1 aromatic carbocycles. The molecule has 0 saturated carbocycles. The first-order chi connectivity index (χ1) is 8.30. The topological polar surface area (TPSA) is 127 Å². The maximum absolute atomic E-state index is 11.0. The van der Waals surface area contributed by atoms with Gasteiger partial charge in [-0.25, -0.2) is 0 Å².